The van der Waals surface area contributed by atoms with E-state index in [1.54, 1.807) is 6.07 Å². The Morgan fingerprint density at radius 3 is 2.71 bits per heavy atom. The Morgan fingerprint density at radius 2 is 2.21 bits per heavy atom. The molecule has 1 aromatic heterocycles. The predicted octanol–water partition coefficient (Wildman–Crippen LogP) is 1.66. The Balaban J connectivity index is 1.88. The van der Waals surface area contributed by atoms with Gasteiger partial charge in [-0.2, -0.15) is 0 Å². The molecule has 76 valence electrons. The highest BCUT2D eigenvalue weighted by Gasteiger charge is 2.31. The lowest BCUT2D eigenvalue weighted by Crippen LogP contribution is -2.33. The predicted molar refractivity (Wildman–Crippen MR) is 56.9 cm³/mol. The van der Waals surface area contributed by atoms with Crippen LogP contribution in [0.5, 0.6) is 0 Å². The minimum absolute atomic E-state index is 0.461. The van der Waals surface area contributed by atoms with Crippen LogP contribution in [0.15, 0.2) is 12.1 Å². The van der Waals surface area contributed by atoms with Gasteiger partial charge in [0.2, 0.25) is 0 Å². The molecule has 4 heteroatoms. The van der Waals surface area contributed by atoms with E-state index in [-0.39, 0.29) is 0 Å². The Hall–Kier alpha value is -1.32. The normalized spacial score (nSPS) is 18.6. The molecule has 2 rings (SSSR count). The summed E-state index contributed by atoms with van der Waals surface area (Å²) in [7, 11) is 0. The molecule has 0 atom stereocenters. The molecule has 1 saturated carbocycles. The SMILES string of the molecule is CC1(CNc2ccc(N)nn2)CCC1. The van der Waals surface area contributed by atoms with E-state index in [1.807, 2.05) is 6.07 Å². The van der Waals surface area contributed by atoms with Crippen molar-refractivity contribution in [3.63, 3.8) is 0 Å². The van der Waals surface area contributed by atoms with Crippen LogP contribution < -0.4 is 11.1 Å². The van der Waals surface area contributed by atoms with Gasteiger partial charge in [-0.15, -0.1) is 10.2 Å². The van der Waals surface area contributed by atoms with E-state index in [0.717, 1.165) is 12.4 Å². The molecule has 1 aromatic rings. The number of aromatic nitrogens is 2. The summed E-state index contributed by atoms with van der Waals surface area (Å²) >= 11 is 0. The first-order valence-electron chi connectivity index (χ1n) is 5.01. The van der Waals surface area contributed by atoms with Gasteiger partial charge in [0, 0.05) is 6.54 Å². The molecule has 0 bridgehead atoms. The molecule has 1 aliphatic carbocycles. The molecule has 0 aromatic carbocycles. The molecule has 0 saturated heterocycles. The number of nitrogen functional groups attached to an aromatic ring is 1. The van der Waals surface area contributed by atoms with Crippen molar-refractivity contribution in [1.29, 1.82) is 0 Å². The van der Waals surface area contributed by atoms with Crippen molar-refractivity contribution in [2.24, 2.45) is 5.41 Å². The first-order chi connectivity index (χ1) is 6.68. The van der Waals surface area contributed by atoms with Crippen LogP contribution in [0.2, 0.25) is 0 Å². The zero-order valence-electron chi connectivity index (χ0n) is 8.45. The van der Waals surface area contributed by atoms with E-state index >= 15 is 0 Å². The summed E-state index contributed by atoms with van der Waals surface area (Å²) < 4.78 is 0. The van der Waals surface area contributed by atoms with Crippen molar-refractivity contribution in [1.82, 2.24) is 10.2 Å². The number of hydrogen-bond acceptors (Lipinski definition) is 4. The van der Waals surface area contributed by atoms with E-state index in [1.165, 1.54) is 19.3 Å². The van der Waals surface area contributed by atoms with Gasteiger partial charge in [-0.05, 0) is 30.4 Å². The minimum atomic E-state index is 0.461. The van der Waals surface area contributed by atoms with Crippen LogP contribution in [0.3, 0.4) is 0 Å². The van der Waals surface area contributed by atoms with E-state index < -0.39 is 0 Å². The lowest BCUT2D eigenvalue weighted by Gasteiger charge is -2.38. The summed E-state index contributed by atoms with van der Waals surface area (Å²) in [6, 6.07) is 3.63. The van der Waals surface area contributed by atoms with Crippen LogP contribution >= 0.6 is 0 Å². The molecular formula is C10H16N4. The Morgan fingerprint density at radius 1 is 1.43 bits per heavy atom. The molecule has 0 amide bonds. The fraction of sp³-hybridized carbons (Fsp3) is 0.600. The minimum Gasteiger partial charge on any atom is -0.382 e. The number of hydrogen-bond donors (Lipinski definition) is 2. The number of nitrogens with one attached hydrogen (secondary N) is 1. The van der Waals surface area contributed by atoms with E-state index in [4.69, 9.17) is 5.73 Å². The number of nitrogens with two attached hydrogens (primary N) is 1. The molecule has 0 spiro atoms. The molecule has 0 unspecified atom stereocenters. The van der Waals surface area contributed by atoms with Gasteiger partial charge in [0.1, 0.15) is 11.6 Å². The van der Waals surface area contributed by atoms with Crippen LogP contribution in [-0.4, -0.2) is 16.7 Å². The average Bonchev–Trinajstić information content (AvgIpc) is 2.14. The molecule has 4 nitrogen and oxygen atoms in total. The van der Waals surface area contributed by atoms with Crippen molar-refractivity contribution in [2.75, 3.05) is 17.6 Å². The topological polar surface area (TPSA) is 63.8 Å². The molecule has 0 radical (unpaired) electrons. The van der Waals surface area contributed by atoms with Crippen molar-refractivity contribution >= 4 is 11.6 Å². The van der Waals surface area contributed by atoms with Gasteiger partial charge in [0.25, 0.3) is 0 Å². The monoisotopic (exact) mass is 192 g/mol. The van der Waals surface area contributed by atoms with Gasteiger partial charge in [-0.1, -0.05) is 13.3 Å². The van der Waals surface area contributed by atoms with Crippen LogP contribution in [0.1, 0.15) is 26.2 Å². The smallest absolute Gasteiger partial charge is 0.148 e. The number of rotatable bonds is 3. The standard InChI is InChI=1S/C10H16N4/c1-10(5-2-6-10)7-12-9-4-3-8(11)13-14-9/h3-4H,2,5-7H2,1H3,(H2,11,13)(H,12,14). The van der Waals surface area contributed by atoms with Crippen molar-refractivity contribution < 1.29 is 0 Å². The van der Waals surface area contributed by atoms with Crippen LogP contribution in [0, 0.1) is 5.41 Å². The first kappa shape index (κ1) is 9.24. The van der Waals surface area contributed by atoms with Crippen LogP contribution in [0.4, 0.5) is 11.6 Å². The van der Waals surface area contributed by atoms with E-state index in [9.17, 15) is 0 Å². The van der Waals surface area contributed by atoms with E-state index in [0.29, 0.717) is 11.2 Å². The largest absolute Gasteiger partial charge is 0.382 e. The second-order valence-electron chi connectivity index (χ2n) is 4.36. The van der Waals surface area contributed by atoms with Gasteiger partial charge in [-0.25, -0.2) is 0 Å². The fourth-order valence-electron chi connectivity index (χ4n) is 1.70. The quantitative estimate of drug-likeness (QED) is 0.764. The van der Waals surface area contributed by atoms with E-state index in [2.05, 4.69) is 22.4 Å². The molecule has 1 aliphatic rings. The third-order valence-electron chi connectivity index (χ3n) is 2.94. The average molecular weight is 192 g/mol. The maximum atomic E-state index is 5.44. The molecular weight excluding hydrogens is 176 g/mol. The fourth-order valence-corrected chi connectivity index (χ4v) is 1.70. The van der Waals surface area contributed by atoms with Gasteiger partial charge in [-0.3, -0.25) is 0 Å². The van der Waals surface area contributed by atoms with Gasteiger partial charge >= 0.3 is 0 Å². The molecule has 0 aliphatic heterocycles. The highest BCUT2D eigenvalue weighted by molar-refractivity contribution is 5.38. The summed E-state index contributed by atoms with van der Waals surface area (Å²) in [6.07, 6.45) is 3.97. The maximum Gasteiger partial charge on any atom is 0.148 e. The summed E-state index contributed by atoms with van der Waals surface area (Å²) in [6.45, 7) is 3.28. The molecule has 14 heavy (non-hydrogen) atoms. The summed E-state index contributed by atoms with van der Waals surface area (Å²) in [4.78, 5) is 0. The second kappa shape index (κ2) is 3.44. The molecule has 1 fully saturated rings. The van der Waals surface area contributed by atoms with Crippen LogP contribution in [0.25, 0.3) is 0 Å². The Bertz CT molecular complexity index is 302. The van der Waals surface area contributed by atoms with Crippen LogP contribution in [-0.2, 0) is 0 Å². The highest BCUT2D eigenvalue weighted by atomic mass is 15.2. The third-order valence-corrected chi connectivity index (χ3v) is 2.94. The lowest BCUT2D eigenvalue weighted by atomic mass is 9.70. The summed E-state index contributed by atoms with van der Waals surface area (Å²) in [5.41, 5.74) is 5.91. The summed E-state index contributed by atoms with van der Waals surface area (Å²) in [5, 5.41) is 11.0. The third kappa shape index (κ3) is 1.95. The van der Waals surface area contributed by atoms with Crippen molar-refractivity contribution in [3.05, 3.63) is 12.1 Å². The zero-order chi connectivity index (χ0) is 10.0. The Labute approximate surface area is 83.9 Å². The highest BCUT2D eigenvalue weighted by Crippen LogP contribution is 2.39. The number of anilines is 2. The first-order valence-corrected chi connectivity index (χ1v) is 5.01. The number of nitrogens with zero attached hydrogens (tertiary/aromatic N) is 2. The second-order valence-corrected chi connectivity index (χ2v) is 4.36. The summed E-state index contributed by atoms with van der Waals surface area (Å²) in [5.74, 6) is 1.28. The maximum absolute atomic E-state index is 5.44. The Kier molecular flexibility index (Phi) is 2.27. The molecule has 1 heterocycles. The molecule has 3 N–H and O–H groups in total. The van der Waals surface area contributed by atoms with Gasteiger partial charge < -0.3 is 11.1 Å². The van der Waals surface area contributed by atoms with Gasteiger partial charge in [0.05, 0.1) is 0 Å². The van der Waals surface area contributed by atoms with Gasteiger partial charge in [0.15, 0.2) is 0 Å². The van der Waals surface area contributed by atoms with Crippen molar-refractivity contribution in [2.45, 2.75) is 26.2 Å². The van der Waals surface area contributed by atoms with Crippen molar-refractivity contribution in [3.8, 4) is 0 Å². The zero-order valence-corrected chi connectivity index (χ0v) is 8.45. The lowest BCUT2D eigenvalue weighted by molar-refractivity contribution is 0.180.